The number of nitrogens with zero attached hydrogens (tertiary/aromatic N) is 1. The molecule has 2 rings (SSSR count). The quantitative estimate of drug-likeness (QED) is 0.782. The molecule has 98 valence electrons. The van der Waals surface area contributed by atoms with Gasteiger partial charge in [0.15, 0.2) is 5.78 Å². The highest BCUT2D eigenvalue weighted by molar-refractivity contribution is 5.95. The van der Waals surface area contributed by atoms with Crippen LogP contribution in [0.25, 0.3) is 0 Å². The Labute approximate surface area is 108 Å². The summed E-state index contributed by atoms with van der Waals surface area (Å²) in [6.45, 7) is 1.22. The number of halogens is 2. The number of benzene rings is 1. The third kappa shape index (κ3) is 3.13. The van der Waals surface area contributed by atoms with E-state index in [2.05, 4.69) is 4.98 Å². The van der Waals surface area contributed by atoms with Crippen molar-refractivity contribution < 1.29 is 18.3 Å². The monoisotopic (exact) mass is 263 g/mol. The summed E-state index contributed by atoms with van der Waals surface area (Å²) in [5.41, 5.74) is -0.642. The second-order valence-electron chi connectivity index (χ2n) is 3.85. The van der Waals surface area contributed by atoms with Crippen LogP contribution in [-0.2, 0) is 0 Å². The Morgan fingerprint density at radius 3 is 2.42 bits per heavy atom. The number of para-hydroxylation sites is 1. The molecule has 0 radical (unpaired) electrons. The molecule has 3 nitrogen and oxygen atoms in total. The molecule has 19 heavy (non-hydrogen) atoms. The van der Waals surface area contributed by atoms with Crippen LogP contribution in [0.4, 0.5) is 8.78 Å². The van der Waals surface area contributed by atoms with Crippen molar-refractivity contribution >= 4 is 5.78 Å². The lowest BCUT2D eigenvalue weighted by Gasteiger charge is -2.09. The van der Waals surface area contributed by atoms with Crippen molar-refractivity contribution in [2.45, 2.75) is 13.3 Å². The Kier molecular flexibility index (Phi) is 3.85. The number of hydrogen-bond acceptors (Lipinski definition) is 3. The van der Waals surface area contributed by atoms with Gasteiger partial charge in [0, 0.05) is 11.6 Å². The van der Waals surface area contributed by atoms with E-state index in [-0.39, 0.29) is 11.4 Å². The lowest BCUT2D eigenvalue weighted by atomic mass is 10.1. The fourth-order valence-electron chi connectivity index (χ4n) is 1.59. The minimum atomic E-state index is -2.82. The molecular weight excluding hydrogens is 252 g/mol. The summed E-state index contributed by atoms with van der Waals surface area (Å²) in [6.07, 6.45) is -2.82. The summed E-state index contributed by atoms with van der Waals surface area (Å²) < 4.78 is 31.0. The van der Waals surface area contributed by atoms with Crippen molar-refractivity contribution in [3.8, 4) is 11.6 Å². The smallest absolute Gasteiger partial charge is 0.281 e. The first-order chi connectivity index (χ1) is 9.08. The molecule has 0 bridgehead atoms. The maximum atomic E-state index is 12.8. The lowest BCUT2D eigenvalue weighted by molar-refractivity contribution is 0.0995. The van der Waals surface area contributed by atoms with Gasteiger partial charge in [-0.25, -0.2) is 13.8 Å². The van der Waals surface area contributed by atoms with Crippen LogP contribution in [0.2, 0.25) is 0 Å². The van der Waals surface area contributed by atoms with Gasteiger partial charge in [-0.1, -0.05) is 18.2 Å². The number of carbonyl (C=O) groups is 1. The first kappa shape index (κ1) is 13.1. The highest BCUT2D eigenvalue weighted by atomic mass is 19.3. The van der Waals surface area contributed by atoms with E-state index in [9.17, 15) is 13.6 Å². The van der Waals surface area contributed by atoms with E-state index in [1.807, 2.05) is 6.07 Å². The number of Topliss-reactive ketones (excluding diaryl/α,β-unsaturated/α-hetero) is 1. The van der Waals surface area contributed by atoms with Crippen LogP contribution in [0.3, 0.4) is 0 Å². The van der Waals surface area contributed by atoms with Crippen LogP contribution in [0.15, 0.2) is 42.5 Å². The van der Waals surface area contributed by atoms with Crippen molar-refractivity contribution in [1.82, 2.24) is 4.98 Å². The van der Waals surface area contributed by atoms with Gasteiger partial charge >= 0.3 is 0 Å². The van der Waals surface area contributed by atoms with Crippen LogP contribution in [0, 0.1) is 0 Å². The predicted molar refractivity (Wildman–Crippen MR) is 65.7 cm³/mol. The second kappa shape index (κ2) is 5.56. The Hall–Kier alpha value is -2.30. The Morgan fingerprint density at radius 1 is 1.16 bits per heavy atom. The molecule has 0 aliphatic heterocycles. The van der Waals surface area contributed by atoms with Gasteiger partial charge in [-0.2, -0.15) is 0 Å². The number of aromatic nitrogens is 1. The zero-order chi connectivity index (χ0) is 13.8. The van der Waals surface area contributed by atoms with Gasteiger partial charge in [-0.3, -0.25) is 4.79 Å². The van der Waals surface area contributed by atoms with Gasteiger partial charge in [0.2, 0.25) is 5.88 Å². The van der Waals surface area contributed by atoms with Gasteiger partial charge in [-0.05, 0) is 25.1 Å². The van der Waals surface area contributed by atoms with Crippen LogP contribution < -0.4 is 4.74 Å². The number of rotatable bonds is 4. The third-order valence-corrected chi connectivity index (χ3v) is 2.45. The van der Waals surface area contributed by atoms with Gasteiger partial charge in [0.1, 0.15) is 11.4 Å². The van der Waals surface area contributed by atoms with Crippen LogP contribution >= 0.6 is 0 Å². The van der Waals surface area contributed by atoms with E-state index < -0.39 is 17.9 Å². The van der Waals surface area contributed by atoms with Gasteiger partial charge in [0.05, 0.1) is 0 Å². The van der Waals surface area contributed by atoms with Crippen LogP contribution in [-0.4, -0.2) is 10.8 Å². The van der Waals surface area contributed by atoms with E-state index in [1.54, 1.807) is 24.3 Å². The molecule has 0 aliphatic carbocycles. The molecule has 0 saturated carbocycles. The fourth-order valence-corrected chi connectivity index (χ4v) is 1.59. The topological polar surface area (TPSA) is 39.2 Å². The summed E-state index contributed by atoms with van der Waals surface area (Å²) in [5.74, 6) is 0.0753. The van der Waals surface area contributed by atoms with Gasteiger partial charge in [0.25, 0.3) is 6.43 Å². The summed E-state index contributed by atoms with van der Waals surface area (Å²) in [6, 6.07) is 11.4. The fraction of sp³-hybridized carbons (Fsp3) is 0.143. The molecule has 0 unspecified atom stereocenters. The molecule has 1 aromatic carbocycles. The predicted octanol–water partition coefficient (Wildman–Crippen LogP) is 4.01. The summed E-state index contributed by atoms with van der Waals surface area (Å²) in [4.78, 5) is 14.9. The first-order valence-corrected chi connectivity index (χ1v) is 5.61. The Bertz CT molecular complexity index is 585. The summed E-state index contributed by atoms with van der Waals surface area (Å²) in [7, 11) is 0. The number of alkyl halides is 2. The molecule has 5 heteroatoms. The summed E-state index contributed by atoms with van der Waals surface area (Å²) in [5, 5.41) is 0. The van der Waals surface area contributed by atoms with Crippen molar-refractivity contribution in [3.63, 3.8) is 0 Å². The van der Waals surface area contributed by atoms with Crippen molar-refractivity contribution in [2.75, 3.05) is 0 Å². The summed E-state index contributed by atoms with van der Waals surface area (Å²) >= 11 is 0. The van der Waals surface area contributed by atoms with Crippen molar-refractivity contribution in [1.29, 1.82) is 0 Å². The van der Waals surface area contributed by atoms with Crippen molar-refractivity contribution in [3.05, 3.63) is 53.7 Å². The second-order valence-corrected chi connectivity index (χ2v) is 3.85. The molecule has 1 heterocycles. The molecule has 0 N–H and O–H groups in total. The Balaban J connectivity index is 2.33. The zero-order valence-electron chi connectivity index (χ0n) is 10.1. The highest BCUT2D eigenvalue weighted by Crippen LogP contribution is 2.26. The molecule has 0 saturated heterocycles. The lowest BCUT2D eigenvalue weighted by Crippen LogP contribution is -2.04. The SMILES string of the molecule is CC(=O)c1ccc(Oc2ccccc2)nc1C(F)F. The molecule has 0 fully saturated rings. The molecule has 0 aliphatic rings. The highest BCUT2D eigenvalue weighted by Gasteiger charge is 2.19. The normalized spacial score (nSPS) is 10.5. The van der Waals surface area contributed by atoms with E-state index in [0.717, 1.165) is 0 Å². The van der Waals surface area contributed by atoms with E-state index in [1.165, 1.54) is 19.1 Å². The zero-order valence-corrected chi connectivity index (χ0v) is 10.1. The molecule has 2 aromatic rings. The van der Waals surface area contributed by atoms with Gasteiger partial charge in [-0.15, -0.1) is 0 Å². The van der Waals surface area contributed by atoms with Crippen LogP contribution in [0.1, 0.15) is 29.4 Å². The number of hydrogen-bond donors (Lipinski definition) is 0. The average molecular weight is 263 g/mol. The maximum Gasteiger partial charge on any atom is 0.281 e. The molecular formula is C14H11F2NO2. The van der Waals surface area contributed by atoms with E-state index in [4.69, 9.17) is 4.74 Å². The number of ketones is 1. The maximum absolute atomic E-state index is 12.8. The van der Waals surface area contributed by atoms with Gasteiger partial charge < -0.3 is 4.74 Å². The minimum absolute atomic E-state index is 0.0338. The van der Waals surface area contributed by atoms with E-state index in [0.29, 0.717) is 5.75 Å². The molecule has 0 amide bonds. The number of pyridine rings is 1. The molecule has 1 aromatic heterocycles. The first-order valence-electron chi connectivity index (χ1n) is 5.61. The number of carbonyl (C=O) groups excluding carboxylic acids is 1. The average Bonchev–Trinajstić information content (AvgIpc) is 2.39. The minimum Gasteiger partial charge on any atom is -0.439 e. The largest absolute Gasteiger partial charge is 0.439 e. The molecule has 0 spiro atoms. The Morgan fingerprint density at radius 2 is 1.84 bits per heavy atom. The standard InChI is InChI=1S/C14H11F2NO2/c1-9(18)11-7-8-12(17-13(11)14(15)16)19-10-5-3-2-4-6-10/h2-8,14H,1H3. The van der Waals surface area contributed by atoms with Crippen molar-refractivity contribution in [2.24, 2.45) is 0 Å². The number of ether oxygens (including phenoxy) is 1. The van der Waals surface area contributed by atoms with E-state index >= 15 is 0 Å². The molecule has 0 atom stereocenters. The third-order valence-electron chi connectivity index (χ3n) is 2.45. The van der Waals surface area contributed by atoms with Crippen LogP contribution in [0.5, 0.6) is 11.6 Å².